The summed E-state index contributed by atoms with van der Waals surface area (Å²) in [5.41, 5.74) is 5.31. The van der Waals surface area contributed by atoms with E-state index >= 15 is 0 Å². The molecular weight excluding hydrogens is 400 g/mol. The number of piperidine rings is 1. The maximum absolute atomic E-state index is 13.3. The molecule has 2 aromatic rings. The van der Waals surface area contributed by atoms with Crippen LogP contribution in [-0.4, -0.2) is 46.5 Å². The molecule has 1 aromatic carbocycles. The monoisotopic (exact) mass is 426 g/mol. The van der Waals surface area contributed by atoms with Crippen LogP contribution in [0.15, 0.2) is 33.9 Å². The molecule has 0 aliphatic carbocycles. The highest BCUT2D eigenvalue weighted by molar-refractivity contribution is 5.89. The van der Waals surface area contributed by atoms with E-state index in [-0.39, 0.29) is 24.7 Å². The maximum Gasteiger partial charge on any atom is 0.336 e. The minimum atomic E-state index is -1.15. The van der Waals surface area contributed by atoms with Crippen LogP contribution >= 0.6 is 0 Å². The SMILES string of the molecule is CC#CCn1c(N2CCC[C@@H](N)C2)cc(=O)n(Cc2cc(OC)ccc2C(=O)O)c1=O. The number of benzene rings is 1. The van der Waals surface area contributed by atoms with Crippen molar-refractivity contribution in [2.24, 2.45) is 5.73 Å². The first-order chi connectivity index (χ1) is 14.8. The molecule has 0 radical (unpaired) electrons. The summed E-state index contributed by atoms with van der Waals surface area (Å²) in [6, 6.07) is 5.80. The molecule has 31 heavy (non-hydrogen) atoms. The van der Waals surface area contributed by atoms with E-state index < -0.39 is 17.2 Å². The summed E-state index contributed by atoms with van der Waals surface area (Å²) < 4.78 is 7.63. The Labute approximate surface area is 179 Å². The first kappa shape index (κ1) is 22.2. The van der Waals surface area contributed by atoms with Crippen molar-refractivity contribution in [2.75, 3.05) is 25.1 Å². The van der Waals surface area contributed by atoms with Gasteiger partial charge in [-0.3, -0.25) is 13.9 Å². The Morgan fingerprint density at radius 3 is 2.71 bits per heavy atom. The number of anilines is 1. The highest BCUT2D eigenvalue weighted by atomic mass is 16.5. The zero-order chi connectivity index (χ0) is 22.5. The lowest BCUT2D eigenvalue weighted by atomic mass is 10.1. The average molecular weight is 426 g/mol. The van der Waals surface area contributed by atoms with E-state index in [2.05, 4.69) is 11.8 Å². The third kappa shape index (κ3) is 4.81. The molecule has 1 aromatic heterocycles. The Morgan fingerprint density at radius 2 is 2.06 bits per heavy atom. The summed E-state index contributed by atoms with van der Waals surface area (Å²) >= 11 is 0. The predicted molar refractivity (Wildman–Crippen MR) is 117 cm³/mol. The van der Waals surface area contributed by atoms with Crippen molar-refractivity contribution in [3.05, 3.63) is 56.2 Å². The molecule has 1 aliphatic rings. The van der Waals surface area contributed by atoms with Gasteiger partial charge in [0.05, 0.1) is 25.8 Å². The van der Waals surface area contributed by atoms with Crippen LogP contribution in [-0.2, 0) is 13.1 Å². The molecule has 9 nitrogen and oxygen atoms in total. The number of nitrogens with zero attached hydrogens (tertiary/aromatic N) is 3. The van der Waals surface area contributed by atoms with Gasteiger partial charge in [0.15, 0.2) is 0 Å². The minimum Gasteiger partial charge on any atom is -0.497 e. The summed E-state index contributed by atoms with van der Waals surface area (Å²) in [4.78, 5) is 39.8. The maximum atomic E-state index is 13.3. The Kier molecular flexibility index (Phi) is 6.82. The topological polar surface area (TPSA) is 120 Å². The molecule has 3 rings (SSSR count). The van der Waals surface area contributed by atoms with Crippen LogP contribution in [0.25, 0.3) is 0 Å². The fraction of sp³-hybridized carbons (Fsp3) is 0.409. The number of nitrogens with two attached hydrogens (primary N) is 1. The molecule has 1 saturated heterocycles. The van der Waals surface area contributed by atoms with Crippen molar-refractivity contribution < 1.29 is 14.6 Å². The number of aromatic carboxylic acids is 1. The number of carboxylic acids is 1. The molecule has 9 heteroatoms. The number of carbonyl (C=O) groups is 1. The molecule has 0 unspecified atom stereocenters. The van der Waals surface area contributed by atoms with Crippen LogP contribution in [0.2, 0.25) is 0 Å². The highest BCUT2D eigenvalue weighted by Gasteiger charge is 2.22. The number of methoxy groups -OCH3 is 1. The number of aromatic nitrogens is 2. The molecule has 3 N–H and O–H groups in total. The smallest absolute Gasteiger partial charge is 0.336 e. The fourth-order valence-corrected chi connectivity index (χ4v) is 3.74. The van der Waals surface area contributed by atoms with Gasteiger partial charge in [-0.15, -0.1) is 5.92 Å². The van der Waals surface area contributed by atoms with Gasteiger partial charge in [-0.2, -0.15) is 0 Å². The number of hydrogen-bond donors (Lipinski definition) is 2. The Hall–Kier alpha value is -3.51. The van der Waals surface area contributed by atoms with Gasteiger partial charge in [-0.05, 0) is 43.5 Å². The molecule has 1 atom stereocenters. The van der Waals surface area contributed by atoms with Gasteiger partial charge in [-0.1, -0.05) is 5.92 Å². The molecule has 1 aliphatic heterocycles. The van der Waals surface area contributed by atoms with E-state index in [0.29, 0.717) is 30.2 Å². The van der Waals surface area contributed by atoms with Gasteiger partial charge in [0, 0.05) is 25.2 Å². The lowest BCUT2D eigenvalue weighted by molar-refractivity contribution is 0.0695. The van der Waals surface area contributed by atoms with Crippen LogP contribution in [0, 0.1) is 11.8 Å². The van der Waals surface area contributed by atoms with E-state index in [4.69, 9.17) is 10.5 Å². The zero-order valence-corrected chi connectivity index (χ0v) is 17.6. The van der Waals surface area contributed by atoms with Crippen molar-refractivity contribution in [1.29, 1.82) is 0 Å². The van der Waals surface area contributed by atoms with Crippen LogP contribution in [0.4, 0.5) is 5.82 Å². The largest absolute Gasteiger partial charge is 0.497 e. The lowest BCUT2D eigenvalue weighted by Gasteiger charge is -2.33. The van der Waals surface area contributed by atoms with Gasteiger partial charge >= 0.3 is 11.7 Å². The summed E-state index contributed by atoms with van der Waals surface area (Å²) in [7, 11) is 1.46. The standard InChI is InChI=1S/C22H26N4O5/c1-3-4-10-25-19(24-9-5-6-16(23)14-24)12-20(27)26(22(25)30)13-15-11-17(31-2)7-8-18(15)21(28)29/h7-8,11-12,16H,5-6,9-10,13-14,23H2,1-2H3,(H,28,29)/t16-/m1/s1. The normalized spacial score (nSPS) is 15.8. The molecule has 0 spiro atoms. The molecular formula is C22H26N4O5. The number of rotatable bonds is 6. The second-order valence-corrected chi connectivity index (χ2v) is 7.40. The van der Waals surface area contributed by atoms with Gasteiger partial charge in [0.25, 0.3) is 5.56 Å². The van der Waals surface area contributed by atoms with E-state index in [9.17, 15) is 19.5 Å². The minimum absolute atomic E-state index is 0.00178. The van der Waals surface area contributed by atoms with Gasteiger partial charge in [-0.25, -0.2) is 9.59 Å². The van der Waals surface area contributed by atoms with Crippen molar-refractivity contribution >= 4 is 11.8 Å². The second-order valence-electron chi connectivity index (χ2n) is 7.40. The molecule has 0 amide bonds. The van der Waals surface area contributed by atoms with Crippen molar-refractivity contribution in [1.82, 2.24) is 9.13 Å². The first-order valence-corrected chi connectivity index (χ1v) is 10.0. The molecule has 1 fully saturated rings. The van der Waals surface area contributed by atoms with Crippen LogP contribution < -0.4 is 26.6 Å². The second kappa shape index (κ2) is 9.53. The van der Waals surface area contributed by atoms with E-state index in [0.717, 1.165) is 17.4 Å². The predicted octanol–water partition coefficient (Wildman–Crippen LogP) is 0.716. The van der Waals surface area contributed by atoms with Crippen LogP contribution in [0.3, 0.4) is 0 Å². The molecule has 164 valence electrons. The first-order valence-electron chi connectivity index (χ1n) is 10.0. The van der Waals surface area contributed by atoms with Gasteiger partial charge in [0.1, 0.15) is 11.6 Å². The van der Waals surface area contributed by atoms with Crippen molar-refractivity contribution in [3.63, 3.8) is 0 Å². The molecule has 0 saturated carbocycles. The summed E-state index contributed by atoms with van der Waals surface area (Å²) in [5, 5.41) is 9.51. The zero-order valence-electron chi connectivity index (χ0n) is 17.6. The Bertz CT molecular complexity index is 1160. The van der Waals surface area contributed by atoms with Crippen molar-refractivity contribution in [2.45, 2.75) is 38.9 Å². The van der Waals surface area contributed by atoms with Crippen molar-refractivity contribution in [3.8, 4) is 17.6 Å². The average Bonchev–Trinajstić information content (AvgIpc) is 2.75. The van der Waals surface area contributed by atoms with Crippen LogP contribution in [0.5, 0.6) is 5.75 Å². The quantitative estimate of drug-likeness (QED) is 0.653. The van der Waals surface area contributed by atoms with E-state index in [1.807, 2.05) is 4.90 Å². The highest BCUT2D eigenvalue weighted by Crippen LogP contribution is 2.20. The Morgan fingerprint density at radius 1 is 1.29 bits per heavy atom. The summed E-state index contributed by atoms with van der Waals surface area (Å²) in [5.74, 6) is 5.41. The summed E-state index contributed by atoms with van der Waals surface area (Å²) in [6.45, 7) is 2.82. The fourth-order valence-electron chi connectivity index (χ4n) is 3.74. The third-order valence-electron chi connectivity index (χ3n) is 5.32. The summed E-state index contributed by atoms with van der Waals surface area (Å²) in [6.07, 6.45) is 1.75. The molecule has 2 heterocycles. The van der Waals surface area contributed by atoms with Gasteiger partial charge in [0.2, 0.25) is 0 Å². The third-order valence-corrected chi connectivity index (χ3v) is 5.32. The van der Waals surface area contributed by atoms with E-state index in [1.165, 1.54) is 35.9 Å². The van der Waals surface area contributed by atoms with Crippen LogP contribution in [0.1, 0.15) is 35.7 Å². The van der Waals surface area contributed by atoms with E-state index in [1.54, 1.807) is 6.92 Å². The Balaban J connectivity index is 2.12. The van der Waals surface area contributed by atoms with Gasteiger partial charge < -0.3 is 20.5 Å². The number of hydrogen-bond acceptors (Lipinski definition) is 6. The lowest BCUT2D eigenvalue weighted by Crippen LogP contribution is -2.48. The number of ether oxygens (including phenoxy) is 1. The molecule has 0 bridgehead atoms. The number of carboxylic acid groups (broad SMARTS) is 1.